The smallest absolute Gasteiger partial charge is 0.111 e. The van der Waals surface area contributed by atoms with E-state index in [9.17, 15) is 10.2 Å². The SMILES string of the molecule is Cc1cc2ccccc2cc1C[C@@H]1O[C@H](CO)[C@H](O)C1O. The fraction of sp³-hybridized carbons (Fsp3) is 0.412. The van der Waals surface area contributed by atoms with Crippen LogP contribution in [0.5, 0.6) is 0 Å². The molecule has 2 aromatic rings. The van der Waals surface area contributed by atoms with Gasteiger partial charge in [0.25, 0.3) is 0 Å². The van der Waals surface area contributed by atoms with Crippen LogP contribution in [0.2, 0.25) is 0 Å². The van der Waals surface area contributed by atoms with Crippen LogP contribution in [0.1, 0.15) is 11.1 Å². The predicted molar refractivity (Wildman–Crippen MR) is 80.1 cm³/mol. The first-order valence-corrected chi connectivity index (χ1v) is 7.21. The lowest BCUT2D eigenvalue weighted by Crippen LogP contribution is -2.34. The van der Waals surface area contributed by atoms with E-state index in [0.29, 0.717) is 6.42 Å². The van der Waals surface area contributed by atoms with Crippen LogP contribution >= 0.6 is 0 Å². The van der Waals surface area contributed by atoms with Crippen LogP contribution in [-0.2, 0) is 11.2 Å². The summed E-state index contributed by atoms with van der Waals surface area (Å²) in [6, 6.07) is 12.3. The molecule has 0 amide bonds. The van der Waals surface area contributed by atoms with E-state index in [4.69, 9.17) is 9.84 Å². The standard InChI is InChI=1S/C17H20O4/c1-10-6-11-4-2-3-5-12(11)7-13(10)8-14-16(19)17(20)15(9-18)21-14/h2-7,14-20H,8-9H2,1H3/t14-,15+,16?,17-/m0/s1. The van der Waals surface area contributed by atoms with Crippen molar-refractivity contribution in [2.75, 3.05) is 6.61 Å². The average Bonchev–Trinajstić information content (AvgIpc) is 2.76. The van der Waals surface area contributed by atoms with Crippen LogP contribution in [0.3, 0.4) is 0 Å². The number of hydrogen-bond acceptors (Lipinski definition) is 4. The van der Waals surface area contributed by atoms with Crippen molar-refractivity contribution in [2.45, 2.75) is 37.8 Å². The van der Waals surface area contributed by atoms with Gasteiger partial charge in [0.1, 0.15) is 18.3 Å². The van der Waals surface area contributed by atoms with Gasteiger partial charge in [0, 0.05) is 6.42 Å². The fourth-order valence-electron chi connectivity index (χ4n) is 2.98. The molecule has 4 heteroatoms. The number of rotatable bonds is 3. The summed E-state index contributed by atoms with van der Waals surface area (Å²) in [6.07, 6.45) is -2.66. The van der Waals surface area contributed by atoms with Gasteiger partial charge in [0.15, 0.2) is 0 Å². The highest BCUT2D eigenvalue weighted by atomic mass is 16.6. The quantitative estimate of drug-likeness (QED) is 0.793. The minimum Gasteiger partial charge on any atom is -0.394 e. The summed E-state index contributed by atoms with van der Waals surface area (Å²) in [5.74, 6) is 0. The van der Waals surface area contributed by atoms with E-state index in [2.05, 4.69) is 24.3 Å². The molecule has 112 valence electrons. The molecule has 2 aromatic carbocycles. The molecule has 1 aliphatic heterocycles. The molecular formula is C17H20O4. The molecule has 3 N–H and O–H groups in total. The molecule has 1 heterocycles. The number of benzene rings is 2. The molecule has 0 aliphatic carbocycles. The zero-order valence-electron chi connectivity index (χ0n) is 11.9. The molecule has 1 saturated heterocycles. The normalized spacial score (nSPS) is 29.1. The number of ether oxygens (including phenoxy) is 1. The molecule has 0 spiro atoms. The van der Waals surface area contributed by atoms with Crippen LogP contribution in [0.15, 0.2) is 36.4 Å². The Hall–Kier alpha value is -1.46. The molecule has 4 nitrogen and oxygen atoms in total. The lowest BCUT2D eigenvalue weighted by molar-refractivity contribution is -0.0215. The van der Waals surface area contributed by atoms with Crippen LogP contribution in [0, 0.1) is 6.92 Å². The Balaban J connectivity index is 1.86. The van der Waals surface area contributed by atoms with Gasteiger partial charge < -0.3 is 20.1 Å². The largest absolute Gasteiger partial charge is 0.394 e. The molecule has 0 radical (unpaired) electrons. The van der Waals surface area contributed by atoms with Crippen LogP contribution in [-0.4, -0.2) is 46.3 Å². The summed E-state index contributed by atoms with van der Waals surface area (Å²) in [6.45, 7) is 1.74. The molecular weight excluding hydrogens is 268 g/mol. The Kier molecular flexibility index (Phi) is 3.95. The highest BCUT2D eigenvalue weighted by Crippen LogP contribution is 2.27. The predicted octanol–water partition coefficient (Wildman–Crippen LogP) is 1.17. The summed E-state index contributed by atoms with van der Waals surface area (Å²) < 4.78 is 5.56. The van der Waals surface area contributed by atoms with Crippen molar-refractivity contribution in [1.82, 2.24) is 0 Å². The number of hydrogen-bond donors (Lipinski definition) is 3. The van der Waals surface area contributed by atoms with E-state index in [1.165, 1.54) is 5.39 Å². The zero-order chi connectivity index (χ0) is 15.0. The van der Waals surface area contributed by atoms with Gasteiger partial charge in [-0.15, -0.1) is 0 Å². The lowest BCUT2D eigenvalue weighted by atomic mass is 9.95. The van der Waals surface area contributed by atoms with Gasteiger partial charge in [-0.25, -0.2) is 0 Å². The van der Waals surface area contributed by atoms with Crippen molar-refractivity contribution in [3.05, 3.63) is 47.5 Å². The molecule has 0 saturated carbocycles. The van der Waals surface area contributed by atoms with Gasteiger partial charge in [-0.2, -0.15) is 0 Å². The number of fused-ring (bicyclic) bond motifs is 1. The van der Waals surface area contributed by atoms with E-state index in [1.54, 1.807) is 0 Å². The Labute approximate surface area is 123 Å². The van der Waals surface area contributed by atoms with Crippen molar-refractivity contribution >= 4 is 10.8 Å². The van der Waals surface area contributed by atoms with E-state index >= 15 is 0 Å². The van der Waals surface area contributed by atoms with Crippen LogP contribution < -0.4 is 0 Å². The molecule has 0 bridgehead atoms. The Morgan fingerprint density at radius 3 is 2.24 bits per heavy atom. The first kappa shape index (κ1) is 14.5. The average molecular weight is 288 g/mol. The maximum atomic E-state index is 10.0. The van der Waals surface area contributed by atoms with Gasteiger partial charge in [-0.05, 0) is 28.8 Å². The summed E-state index contributed by atoms with van der Waals surface area (Å²) in [4.78, 5) is 0. The second-order valence-corrected chi connectivity index (χ2v) is 5.71. The van der Waals surface area contributed by atoms with E-state index in [1.807, 2.05) is 19.1 Å². The molecule has 21 heavy (non-hydrogen) atoms. The highest BCUT2D eigenvalue weighted by Gasteiger charge is 2.42. The highest BCUT2D eigenvalue weighted by molar-refractivity contribution is 5.84. The van der Waals surface area contributed by atoms with Crippen LogP contribution in [0.25, 0.3) is 10.8 Å². The first-order valence-electron chi connectivity index (χ1n) is 7.21. The monoisotopic (exact) mass is 288 g/mol. The second-order valence-electron chi connectivity index (χ2n) is 5.71. The van der Waals surface area contributed by atoms with Crippen molar-refractivity contribution in [1.29, 1.82) is 0 Å². The fourth-order valence-corrected chi connectivity index (χ4v) is 2.98. The van der Waals surface area contributed by atoms with Crippen molar-refractivity contribution in [3.63, 3.8) is 0 Å². The first-order chi connectivity index (χ1) is 10.1. The van der Waals surface area contributed by atoms with Gasteiger partial charge in [0.05, 0.1) is 12.7 Å². The minimum absolute atomic E-state index is 0.286. The zero-order valence-corrected chi connectivity index (χ0v) is 11.9. The third-order valence-electron chi connectivity index (χ3n) is 4.27. The lowest BCUT2D eigenvalue weighted by Gasteiger charge is -2.16. The van der Waals surface area contributed by atoms with E-state index < -0.39 is 24.4 Å². The summed E-state index contributed by atoms with van der Waals surface area (Å²) in [5.41, 5.74) is 2.22. The summed E-state index contributed by atoms with van der Waals surface area (Å²) in [5, 5.41) is 31.3. The van der Waals surface area contributed by atoms with Gasteiger partial charge in [-0.3, -0.25) is 0 Å². The maximum absolute atomic E-state index is 10.0. The van der Waals surface area contributed by atoms with Crippen molar-refractivity contribution in [3.8, 4) is 0 Å². The number of aliphatic hydroxyl groups is 3. The van der Waals surface area contributed by atoms with E-state index in [-0.39, 0.29) is 6.61 Å². The molecule has 4 atom stereocenters. The Morgan fingerprint density at radius 2 is 1.62 bits per heavy atom. The van der Waals surface area contributed by atoms with Gasteiger partial charge in [-0.1, -0.05) is 36.4 Å². The summed E-state index contributed by atoms with van der Waals surface area (Å²) >= 11 is 0. The molecule has 0 aromatic heterocycles. The third-order valence-corrected chi connectivity index (χ3v) is 4.27. The molecule has 1 unspecified atom stereocenters. The third kappa shape index (κ3) is 2.68. The van der Waals surface area contributed by atoms with Crippen LogP contribution in [0.4, 0.5) is 0 Å². The molecule has 1 aliphatic rings. The number of aryl methyl sites for hydroxylation is 1. The minimum atomic E-state index is -1.03. The molecule has 1 fully saturated rings. The Morgan fingerprint density at radius 1 is 1.00 bits per heavy atom. The van der Waals surface area contributed by atoms with Gasteiger partial charge in [0.2, 0.25) is 0 Å². The topological polar surface area (TPSA) is 69.9 Å². The van der Waals surface area contributed by atoms with Crippen molar-refractivity contribution < 1.29 is 20.1 Å². The maximum Gasteiger partial charge on any atom is 0.111 e. The molecule has 3 rings (SSSR count). The summed E-state index contributed by atoms with van der Waals surface area (Å²) in [7, 11) is 0. The Bertz CT molecular complexity index is 640. The second kappa shape index (κ2) is 5.73. The number of aliphatic hydroxyl groups excluding tert-OH is 3. The van der Waals surface area contributed by atoms with Gasteiger partial charge >= 0.3 is 0 Å². The van der Waals surface area contributed by atoms with Crippen molar-refractivity contribution in [2.24, 2.45) is 0 Å². The van der Waals surface area contributed by atoms with E-state index in [0.717, 1.165) is 16.5 Å².